The molecule has 1 spiro atoms. The Morgan fingerprint density at radius 3 is 2.75 bits per heavy atom. The van der Waals surface area contributed by atoms with Gasteiger partial charge in [0.15, 0.2) is 0 Å². The van der Waals surface area contributed by atoms with Gasteiger partial charge in [0.25, 0.3) is 0 Å². The Balaban J connectivity index is 2.00. The standard InChI is InChI=1S/C13H25NO2/c1-12(15,10-14-2)11-5-8-16-13(9-11)6-3-4-7-13/h11,14-15H,3-10H2,1-2H3. The maximum absolute atomic E-state index is 10.5. The van der Waals surface area contributed by atoms with E-state index in [2.05, 4.69) is 5.32 Å². The van der Waals surface area contributed by atoms with E-state index in [4.69, 9.17) is 4.74 Å². The third kappa shape index (κ3) is 2.41. The Labute approximate surface area is 98.6 Å². The second-order valence-corrected chi connectivity index (χ2v) is 5.82. The topological polar surface area (TPSA) is 41.5 Å². The summed E-state index contributed by atoms with van der Waals surface area (Å²) in [5.74, 6) is 0.381. The average Bonchev–Trinajstić information content (AvgIpc) is 2.66. The lowest BCUT2D eigenvalue weighted by Crippen LogP contribution is -2.50. The van der Waals surface area contributed by atoms with Gasteiger partial charge >= 0.3 is 0 Å². The van der Waals surface area contributed by atoms with Crippen molar-refractivity contribution in [3.05, 3.63) is 0 Å². The van der Waals surface area contributed by atoms with Crippen LogP contribution in [0, 0.1) is 5.92 Å². The van der Waals surface area contributed by atoms with E-state index in [0.29, 0.717) is 12.5 Å². The van der Waals surface area contributed by atoms with Crippen LogP contribution in [0.25, 0.3) is 0 Å². The summed E-state index contributed by atoms with van der Waals surface area (Å²) < 4.78 is 6.00. The Morgan fingerprint density at radius 2 is 2.12 bits per heavy atom. The van der Waals surface area contributed by atoms with Crippen molar-refractivity contribution in [3.63, 3.8) is 0 Å². The molecule has 1 saturated heterocycles. The van der Waals surface area contributed by atoms with Crippen LogP contribution in [0.4, 0.5) is 0 Å². The summed E-state index contributed by atoms with van der Waals surface area (Å²) in [4.78, 5) is 0. The molecule has 3 nitrogen and oxygen atoms in total. The Hall–Kier alpha value is -0.120. The molecule has 0 amide bonds. The first-order valence-corrected chi connectivity index (χ1v) is 6.59. The molecule has 2 N–H and O–H groups in total. The van der Waals surface area contributed by atoms with Crippen molar-refractivity contribution in [3.8, 4) is 0 Å². The van der Waals surface area contributed by atoms with Crippen molar-refractivity contribution in [2.24, 2.45) is 5.92 Å². The zero-order valence-corrected chi connectivity index (χ0v) is 10.6. The maximum Gasteiger partial charge on any atom is 0.0773 e. The normalized spacial score (nSPS) is 32.8. The third-order valence-electron chi connectivity index (χ3n) is 4.42. The summed E-state index contributed by atoms with van der Waals surface area (Å²) in [5, 5.41) is 13.6. The van der Waals surface area contributed by atoms with E-state index < -0.39 is 5.60 Å². The summed E-state index contributed by atoms with van der Waals surface area (Å²) in [6.45, 7) is 3.46. The smallest absolute Gasteiger partial charge is 0.0773 e. The molecular weight excluding hydrogens is 202 g/mol. The van der Waals surface area contributed by atoms with Crippen LogP contribution in [-0.2, 0) is 4.74 Å². The van der Waals surface area contributed by atoms with Crippen molar-refractivity contribution in [1.82, 2.24) is 5.32 Å². The first-order valence-electron chi connectivity index (χ1n) is 6.59. The van der Waals surface area contributed by atoms with Crippen LogP contribution in [0.5, 0.6) is 0 Å². The van der Waals surface area contributed by atoms with Crippen molar-refractivity contribution in [2.75, 3.05) is 20.2 Å². The number of aliphatic hydroxyl groups is 1. The van der Waals surface area contributed by atoms with E-state index in [1.54, 1.807) is 0 Å². The third-order valence-corrected chi connectivity index (χ3v) is 4.42. The van der Waals surface area contributed by atoms with E-state index in [1.165, 1.54) is 25.7 Å². The summed E-state index contributed by atoms with van der Waals surface area (Å²) in [5.41, 5.74) is -0.477. The van der Waals surface area contributed by atoms with E-state index >= 15 is 0 Å². The highest BCUT2D eigenvalue weighted by Crippen LogP contribution is 2.44. The molecule has 0 bridgehead atoms. The summed E-state index contributed by atoms with van der Waals surface area (Å²) in [6, 6.07) is 0. The zero-order valence-electron chi connectivity index (χ0n) is 10.6. The summed E-state index contributed by atoms with van der Waals surface area (Å²) in [7, 11) is 1.90. The van der Waals surface area contributed by atoms with E-state index in [9.17, 15) is 5.11 Å². The summed E-state index contributed by atoms with van der Waals surface area (Å²) >= 11 is 0. The van der Waals surface area contributed by atoms with Crippen LogP contribution in [0.2, 0.25) is 0 Å². The van der Waals surface area contributed by atoms with Crippen LogP contribution in [0.1, 0.15) is 45.4 Å². The highest BCUT2D eigenvalue weighted by molar-refractivity contribution is 4.96. The van der Waals surface area contributed by atoms with E-state index in [-0.39, 0.29) is 5.60 Å². The largest absolute Gasteiger partial charge is 0.389 e. The van der Waals surface area contributed by atoms with Gasteiger partial charge in [-0.3, -0.25) is 0 Å². The highest BCUT2D eigenvalue weighted by atomic mass is 16.5. The number of hydrogen-bond donors (Lipinski definition) is 2. The molecule has 0 aromatic rings. The second kappa shape index (κ2) is 4.63. The maximum atomic E-state index is 10.5. The zero-order chi connectivity index (χ0) is 11.6. The highest BCUT2D eigenvalue weighted by Gasteiger charge is 2.44. The van der Waals surface area contributed by atoms with E-state index in [0.717, 1.165) is 19.4 Å². The number of nitrogens with one attached hydrogen (secondary N) is 1. The second-order valence-electron chi connectivity index (χ2n) is 5.82. The molecule has 3 heteroatoms. The van der Waals surface area contributed by atoms with Gasteiger partial charge in [0.2, 0.25) is 0 Å². The molecule has 2 rings (SSSR count). The molecule has 2 unspecified atom stereocenters. The molecule has 2 atom stereocenters. The first-order chi connectivity index (χ1) is 7.58. The minimum atomic E-state index is -0.589. The molecule has 0 aromatic heterocycles. The van der Waals surface area contributed by atoms with Gasteiger partial charge in [-0.1, -0.05) is 12.8 Å². The molecule has 94 valence electrons. The minimum Gasteiger partial charge on any atom is -0.389 e. The van der Waals surface area contributed by atoms with Gasteiger partial charge in [-0.05, 0) is 45.6 Å². The average molecular weight is 227 g/mol. The lowest BCUT2D eigenvalue weighted by molar-refractivity contribution is -0.134. The Bertz CT molecular complexity index is 234. The van der Waals surface area contributed by atoms with Gasteiger partial charge in [0.05, 0.1) is 11.2 Å². The molecule has 1 saturated carbocycles. The van der Waals surface area contributed by atoms with Crippen LogP contribution >= 0.6 is 0 Å². The molecule has 1 aliphatic heterocycles. The number of hydrogen-bond acceptors (Lipinski definition) is 3. The first kappa shape index (κ1) is 12.3. The Kier molecular flexibility index (Phi) is 3.57. The number of likely N-dealkylation sites (N-methyl/N-ethyl adjacent to an activating group) is 1. The molecule has 0 radical (unpaired) electrons. The van der Waals surface area contributed by atoms with Gasteiger partial charge in [0, 0.05) is 13.2 Å². The monoisotopic (exact) mass is 227 g/mol. The minimum absolute atomic E-state index is 0.112. The van der Waals surface area contributed by atoms with Crippen molar-refractivity contribution in [2.45, 2.75) is 56.7 Å². The van der Waals surface area contributed by atoms with Crippen LogP contribution < -0.4 is 5.32 Å². The van der Waals surface area contributed by atoms with Crippen LogP contribution in [0.15, 0.2) is 0 Å². The number of ether oxygens (including phenoxy) is 1. The van der Waals surface area contributed by atoms with Crippen LogP contribution in [-0.4, -0.2) is 36.5 Å². The molecule has 2 fully saturated rings. The van der Waals surface area contributed by atoms with Crippen LogP contribution in [0.3, 0.4) is 0 Å². The molecule has 2 aliphatic rings. The molecule has 16 heavy (non-hydrogen) atoms. The van der Waals surface area contributed by atoms with Gasteiger partial charge < -0.3 is 15.2 Å². The Morgan fingerprint density at radius 1 is 1.44 bits per heavy atom. The SMILES string of the molecule is CNCC(C)(O)C1CCOC2(CCCC2)C1. The lowest BCUT2D eigenvalue weighted by atomic mass is 9.76. The van der Waals surface area contributed by atoms with E-state index in [1.807, 2.05) is 14.0 Å². The van der Waals surface area contributed by atoms with Crippen molar-refractivity contribution >= 4 is 0 Å². The van der Waals surface area contributed by atoms with Gasteiger partial charge in [0.1, 0.15) is 0 Å². The van der Waals surface area contributed by atoms with Gasteiger partial charge in [-0.2, -0.15) is 0 Å². The molecule has 1 heterocycles. The van der Waals surface area contributed by atoms with Gasteiger partial charge in [-0.25, -0.2) is 0 Å². The fraction of sp³-hybridized carbons (Fsp3) is 1.00. The fourth-order valence-electron chi connectivity index (χ4n) is 3.43. The number of rotatable bonds is 3. The lowest BCUT2D eigenvalue weighted by Gasteiger charge is -2.44. The fourth-order valence-corrected chi connectivity index (χ4v) is 3.43. The quantitative estimate of drug-likeness (QED) is 0.771. The summed E-state index contributed by atoms with van der Waals surface area (Å²) in [6.07, 6.45) is 7.01. The molecule has 1 aliphatic carbocycles. The van der Waals surface area contributed by atoms with Gasteiger partial charge in [-0.15, -0.1) is 0 Å². The predicted octanol–water partition coefficient (Wildman–Crippen LogP) is 1.70. The molecular formula is C13H25NO2. The predicted molar refractivity (Wildman–Crippen MR) is 64.4 cm³/mol. The van der Waals surface area contributed by atoms with Crippen molar-refractivity contribution < 1.29 is 9.84 Å². The van der Waals surface area contributed by atoms with Crippen molar-refractivity contribution in [1.29, 1.82) is 0 Å². The molecule has 0 aromatic carbocycles.